The summed E-state index contributed by atoms with van der Waals surface area (Å²) in [7, 11) is 0. The fourth-order valence-electron chi connectivity index (χ4n) is 2.40. The molecule has 0 aliphatic rings. The molecule has 1 rings (SSSR count). The van der Waals surface area contributed by atoms with E-state index in [9.17, 15) is 0 Å². The molecule has 0 saturated carbocycles. The molecule has 0 bridgehead atoms. The molecule has 1 unspecified atom stereocenters. The average molecular weight is 234 g/mol. The largest absolute Gasteiger partial charge is 0.310 e. The molecule has 0 radical (unpaired) electrons. The van der Waals surface area contributed by atoms with Crippen LogP contribution in [0.15, 0.2) is 18.5 Å². The molecule has 0 aromatic carbocycles. The van der Waals surface area contributed by atoms with Crippen LogP contribution in [0.2, 0.25) is 0 Å². The van der Waals surface area contributed by atoms with Crippen molar-refractivity contribution in [2.45, 2.75) is 53.0 Å². The average Bonchev–Trinajstić information content (AvgIpc) is 2.35. The zero-order valence-electron chi connectivity index (χ0n) is 11.7. The van der Waals surface area contributed by atoms with Gasteiger partial charge in [-0.15, -0.1) is 0 Å². The van der Waals surface area contributed by atoms with E-state index in [2.05, 4.69) is 44.1 Å². The highest BCUT2D eigenvalue weighted by Gasteiger charge is 2.16. The third-order valence-electron chi connectivity index (χ3n) is 3.61. The van der Waals surface area contributed by atoms with E-state index >= 15 is 0 Å². The summed E-state index contributed by atoms with van der Waals surface area (Å²) < 4.78 is 0. The normalized spacial score (nSPS) is 13.0. The standard InChI is InChI=1S/C15H26N2/c1-5-13(6-2)10-15(17-7-3)14-8-9-16-11-12(14)4/h8-9,11,13,15,17H,5-7,10H2,1-4H3. The van der Waals surface area contributed by atoms with E-state index in [1.807, 2.05) is 12.4 Å². The first-order valence-electron chi connectivity index (χ1n) is 6.86. The first-order chi connectivity index (χ1) is 8.22. The van der Waals surface area contributed by atoms with Crippen LogP contribution in [0.4, 0.5) is 0 Å². The maximum Gasteiger partial charge on any atom is 0.0326 e. The van der Waals surface area contributed by atoms with Gasteiger partial charge < -0.3 is 5.32 Å². The van der Waals surface area contributed by atoms with Crippen molar-refractivity contribution in [2.24, 2.45) is 5.92 Å². The lowest BCUT2D eigenvalue weighted by Crippen LogP contribution is -2.24. The van der Waals surface area contributed by atoms with Gasteiger partial charge in [0.2, 0.25) is 0 Å². The molecule has 1 heterocycles. The maximum atomic E-state index is 4.18. The van der Waals surface area contributed by atoms with Crippen LogP contribution in [0, 0.1) is 12.8 Å². The van der Waals surface area contributed by atoms with Gasteiger partial charge in [-0.1, -0.05) is 33.6 Å². The molecule has 96 valence electrons. The van der Waals surface area contributed by atoms with Gasteiger partial charge in [-0.25, -0.2) is 0 Å². The van der Waals surface area contributed by atoms with Crippen molar-refractivity contribution in [3.8, 4) is 0 Å². The molecule has 0 spiro atoms. The van der Waals surface area contributed by atoms with Crippen LogP contribution < -0.4 is 5.32 Å². The van der Waals surface area contributed by atoms with Crippen molar-refractivity contribution in [3.63, 3.8) is 0 Å². The van der Waals surface area contributed by atoms with Crippen molar-refractivity contribution >= 4 is 0 Å². The zero-order valence-corrected chi connectivity index (χ0v) is 11.7. The summed E-state index contributed by atoms with van der Waals surface area (Å²) in [6.45, 7) is 9.93. The minimum atomic E-state index is 0.480. The lowest BCUT2D eigenvalue weighted by molar-refractivity contribution is 0.374. The van der Waals surface area contributed by atoms with E-state index < -0.39 is 0 Å². The molecule has 1 atom stereocenters. The number of pyridine rings is 1. The summed E-state index contributed by atoms with van der Waals surface area (Å²) in [5.74, 6) is 0.812. The molecule has 2 heteroatoms. The van der Waals surface area contributed by atoms with Gasteiger partial charge in [-0.2, -0.15) is 0 Å². The SMILES string of the molecule is CCNC(CC(CC)CC)c1ccncc1C. The summed E-state index contributed by atoms with van der Waals surface area (Å²) in [6.07, 6.45) is 7.63. The van der Waals surface area contributed by atoms with E-state index in [-0.39, 0.29) is 0 Å². The Bertz CT molecular complexity index is 318. The summed E-state index contributed by atoms with van der Waals surface area (Å²) in [5, 5.41) is 3.61. The molecule has 0 aliphatic heterocycles. The number of nitrogens with one attached hydrogen (secondary N) is 1. The highest BCUT2D eigenvalue weighted by molar-refractivity contribution is 5.25. The molecule has 2 nitrogen and oxygen atoms in total. The fraction of sp³-hybridized carbons (Fsp3) is 0.667. The summed E-state index contributed by atoms with van der Waals surface area (Å²) in [5.41, 5.74) is 2.71. The number of nitrogens with zero attached hydrogens (tertiary/aromatic N) is 1. The van der Waals surface area contributed by atoms with Gasteiger partial charge in [0, 0.05) is 18.4 Å². The maximum absolute atomic E-state index is 4.18. The highest BCUT2D eigenvalue weighted by Crippen LogP contribution is 2.26. The number of aryl methyl sites for hydroxylation is 1. The van der Waals surface area contributed by atoms with Crippen molar-refractivity contribution < 1.29 is 0 Å². The lowest BCUT2D eigenvalue weighted by atomic mass is 9.90. The van der Waals surface area contributed by atoms with Crippen LogP contribution in [0.3, 0.4) is 0 Å². The van der Waals surface area contributed by atoms with E-state index in [1.165, 1.54) is 30.4 Å². The van der Waals surface area contributed by atoms with Crippen molar-refractivity contribution in [3.05, 3.63) is 29.6 Å². The van der Waals surface area contributed by atoms with E-state index in [0.29, 0.717) is 6.04 Å². The lowest BCUT2D eigenvalue weighted by Gasteiger charge is -2.24. The minimum Gasteiger partial charge on any atom is -0.310 e. The smallest absolute Gasteiger partial charge is 0.0326 e. The van der Waals surface area contributed by atoms with Gasteiger partial charge in [0.15, 0.2) is 0 Å². The number of aromatic nitrogens is 1. The Balaban J connectivity index is 2.81. The van der Waals surface area contributed by atoms with E-state index in [1.54, 1.807) is 0 Å². The predicted molar refractivity (Wildman–Crippen MR) is 74.1 cm³/mol. The Hall–Kier alpha value is -0.890. The Morgan fingerprint density at radius 1 is 1.24 bits per heavy atom. The van der Waals surface area contributed by atoms with Crippen LogP contribution in [-0.4, -0.2) is 11.5 Å². The third-order valence-corrected chi connectivity index (χ3v) is 3.61. The fourth-order valence-corrected chi connectivity index (χ4v) is 2.40. The second-order valence-corrected chi connectivity index (χ2v) is 4.76. The molecule has 17 heavy (non-hydrogen) atoms. The topological polar surface area (TPSA) is 24.9 Å². The quantitative estimate of drug-likeness (QED) is 0.774. The zero-order chi connectivity index (χ0) is 12.7. The molecular weight excluding hydrogens is 208 g/mol. The van der Waals surface area contributed by atoms with Crippen molar-refractivity contribution in [2.75, 3.05) is 6.54 Å². The molecule has 1 N–H and O–H groups in total. The monoisotopic (exact) mass is 234 g/mol. The molecule has 0 aliphatic carbocycles. The van der Waals surface area contributed by atoms with E-state index in [0.717, 1.165) is 12.5 Å². The van der Waals surface area contributed by atoms with Gasteiger partial charge in [0.25, 0.3) is 0 Å². The van der Waals surface area contributed by atoms with Crippen molar-refractivity contribution in [1.29, 1.82) is 0 Å². The first-order valence-corrected chi connectivity index (χ1v) is 6.86. The number of hydrogen-bond donors (Lipinski definition) is 1. The van der Waals surface area contributed by atoms with Crippen molar-refractivity contribution in [1.82, 2.24) is 10.3 Å². The predicted octanol–water partition coefficient (Wildman–Crippen LogP) is 3.87. The van der Waals surface area contributed by atoms with Gasteiger partial charge in [0.1, 0.15) is 0 Å². The van der Waals surface area contributed by atoms with Crippen LogP contribution >= 0.6 is 0 Å². The molecule has 0 fully saturated rings. The molecule has 1 aromatic heterocycles. The Morgan fingerprint density at radius 3 is 2.47 bits per heavy atom. The van der Waals surface area contributed by atoms with Gasteiger partial charge >= 0.3 is 0 Å². The Morgan fingerprint density at radius 2 is 1.94 bits per heavy atom. The Labute approximate surface area is 106 Å². The number of rotatable bonds is 7. The van der Waals surface area contributed by atoms with Crippen LogP contribution in [-0.2, 0) is 0 Å². The summed E-state index contributed by atoms with van der Waals surface area (Å²) in [6, 6.07) is 2.64. The molecule has 1 aromatic rings. The molecular formula is C15H26N2. The van der Waals surface area contributed by atoms with Gasteiger partial charge in [-0.3, -0.25) is 4.98 Å². The minimum absolute atomic E-state index is 0.480. The van der Waals surface area contributed by atoms with Gasteiger partial charge in [0.05, 0.1) is 0 Å². The molecule has 0 saturated heterocycles. The summed E-state index contributed by atoms with van der Waals surface area (Å²) in [4.78, 5) is 4.18. The number of hydrogen-bond acceptors (Lipinski definition) is 2. The second kappa shape index (κ2) is 7.44. The first kappa shape index (κ1) is 14.2. The summed E-state index contributed by atoms with van der Waals surface area (Å²) >= 11 is 0. The Kier molecular flexibility index (Phi) is 6.20. The highest BCUT2D eigenvalue weighted by atomic mass is 14.9. The van der Waals surface area contributed by atoms with Gasteiger partial charge in [-0.05, 0) is 43.0 Å². The van der Waals surface area contributed by atoms with Crippen LogP contribution in [0.25, 0.3) is 0 Å². The molecule has 0 amide bonds. The van der Waals surface area contributed by atoms with Crippen LogP contribution in [0.1, 0.15) is 57.2 Å². The second-order valence-electron chi connectivity index (χ2n) is 4.76. The van der Waals surface area contributed by atoms with Crippen LogP contribution in [0.5, 0.6) is 0 Å². The van der Waals surface area contributed by atoms with E-state index in [4.69, 9.17) is 0 Å². The third kappa shape index (κ3) is 4.12.